The maximum atomic E-state index is 11.4. The standard InChI is InChI=1S/C15H20O4/c1-4-5-10-19-15(16)9-7-12-6-8-13(17-2)14(11-12)18-3/h6-9,11H,4-5,10H2,1-3H3/b9-7+. The molecule has 0 atom stereocenters. The lowest BCUT2D eigenvalue weighted by molar-refractivity contribution is -0.137. The molecule has 0 N–H and O–H groups in total. The van der Waals surface area contributed by atoms with Crippen LogP contribution in [0, 0.1) is 0 Å². The van der Waals surface area contributed by atoms with E-state index in [-0.39, 0.29) is 5.97 Å². The van der Waals surface area contributed by atoms with Gasteiger partial charge in [0.1, 0.15) is 0 Å². The number of carbonyl (C=O) groups is 1. The first-order chi connectivity index (χ1) is 9.21. The second kappa shape index (κ2) is 8.19. The summed E-state index contributed by atoms with van der Waals surface area (Å²) in [6, 6.07) is 5.44. The van der Waals surface area contributed by atoms with Gasteiger partial charge in [0.25, 0.3) is 0 Å². The van der Waals surface area contributed by atoms with Crippen molar-refractivity contribution in [1.82, 2.24) is 0 Å². The van der Waals surface area contributed by atoms with Crippen molar-refractivity contribution in [2.45, 2.75) is 19.8 Å². The summed E-state index contributed by atoms with van der Waals surface area (Å²) in [5, 5.41) is 0. The third-order valence-electron chi connectivity index (χ3n) is 2.56. The molecular formula is C15H20O4. The molecule has 0 aliphatic carbocycles. The van der Waals surface area contributed by atoms with Gasteiger partial charge in [0.15, 0.2) is 11.5 Å². The van der Waals surface area contributed by atoms with Gasteiger partial charge in [-0.2, -0.15) is 0 Å². The van der Waals surface area contributed by atoms with Gasteiger partial charge in [-0.25, -0.2) is 4.79 Å². The summed E-state index contributed by atoms with van der Waals surface area (Å²) in [4.78, 5) is 11.4. The van der Waals surface area contributed by atoms with Crippen LogP contribution in [-0.4, -0.2) is 26.8 Å². The minimum Gasteiger partial charge on any atom is -0.493 e. The van der Waals surface area contributed by atoms with Crippen molar-refractivity contribution in [1.29, 1.82) is 0 Å². The van der Waals surface area contributed by atoms with Crippen LogP contribution in [0.1, 0.15) is 25.3 Å². The highest BCUT2D eigenvalue weighted by Gasteiger charge is 2.03. The Morgan fingerprint density at radius 2 is 1.95 bits per heavy atom. The number of ether oxygens (including phenoxy) is 3. The van der Waals surface area contributed by atoms with Gasteiger partial charge in [-0.05, 0) is 30.2 Å². The second-order valence-corrected chi connectivity index (χ2v) is 3.97. The molecule has 0 aromatic heterocycles. The van der Waals surface area contributed by atoms with E-state index in [1.54, 1.807) is 32.4 Å². The first kappa shape index (κ1) is 15.1. The van der Waals surface area contributed by atoms with Gasteiger partial charge in [0.2, 0.25) is 0 Å². The quantitative estimate of drug-likeness (QED) is 0.431. The Balaban J connectivity index is 2.63. The summed E-state index contributed by atoms with van der Waals surface area (Å²) in [5.41, 5.74) is 0.852. The van der Waals surface area contributed by atoms with Crippen molar-refractivity contribution < 1.29 is 19.0 Å². The van der Waals surface area contributed by atoms with E-state index < -0.39 is 0 Å². The molecule has 4 nitrogen and oxygen atoms in total. The number of hydrogen-bond acceptors (Lipinski definition) is 4. The van der Waals surface area contributed by atoms with Gasteiger partial charge in [-0.3, -0.25) is 0 Å². The monoisotopic (exact) mass is 264 g/mol. The van der Waals surface area contributed by atoms with Crippen LogP contribution < -0.4 is 9.47 Å². The van der Waals surface area contributed by atoms with E-state index in [1.165, 1.54) is 6.08 Å². The summed E-state index contributed by atoms with van der Waals surface area (Å²) in [6.45, 7) is 2.51. The van der Waals surface area contributed by atoms with E-state index in [9.17, 15) is 4.79 Å². The third-order valence-corrected chi connectivity index (χ3v) is 2.56. The zero-order valence-electron chi connectivity index (χ0n) is 11.6. The van der Waals surface area contributed by atoms with Crippen LogP contribution in [0.4, 0.5) is 0 Å². The fourth-order valence-electron chi connectivity index (χ4n) is 1.49. The average Bonchev–Trinajstić information content (AvgIpc) is 2.45. The Bertz CT molecular complexity index is 438. The molecule has 0 saturated carbocycles. The average molecular weight is 264 g/mol. The fraction of sp³-hybridized carbons (Fsp3) is 0.400. The number of rotatable bonds is 7. The zero-order chi connectivity index (χ0) is 14.1. The maximum Gasteiger partial charge on any atom is 0.330 e. The Labute approximate surface area is 114 Å². The highest BCUT2D eigenvalue weighted by molar-refractivity contribution is 5.87. The van der Waals surface area contributed by atoms with Crippen molar-refractivity contribution in [3.63, 3.8) is 0 Å². The molecule has 104 valence electrons. The number of unbranched alkanes of at least 4 members (excludes halogenated alkanes) is 1. The van der Waals surface area contributed by atoms with Gasteiger partial charge in [-0.15, -0.1) is 0 Å². The molecule has 0 saturated heterocycles. The van der Waals surface area contributed by atoms with Gasteiger partial charge in [-0.1, -0.05) is 19.4 Å². The highest BCUT2D eigenvalue weighted by Crippen LogP contribution is 2.27. The highest BCUT2D eigenvalue weighted by atomic mass is 16.5. The van der Waals surface area contributed by atoms with Crippen LogP contribution in [0.2, 0.25) is 0 Å². The summed E-state index contributed by atoms with van der Waals surface area (Å²) in [6.07, 6.45) is 5.00. The lowest BCUT2D eigenvalue weighted by Gasteiger charge is -2.07. The molecule has 0 radical (unpaired) electrons. The molecule has 0 aliphatic rings. The largest absolute Gasteiger partial charge is 0.493 e. The van der Waals surface area contributed by atoms with Crippen LogP contribution in [-0.2, 0) is 9.53 Å². The van der Waals surface area contributed by atoms with Gasteiger partial charge < -0.3 is 14.2 Å². The number of esters is 1. The van der Waals surface area contributed by atoms with Crippen LogP contribution in [0.15, 0.2) is 24.3 Å². The van der Waals surface area contributed by atoms with Gasteiger partial charge >= 0.3 is 5.97 Å². The van der Waals surface area contributed by atoms with Gasteiger partial charge in [0, 0.05) is 6.08 Å². The predicted molar refractivity (Wildman–Crippen MR) is 74.4 cm³/mol. The Morgan fingerprint density at radius 1 is 1.21 bits per heavy atom. The van der Waals surface area contributed by atoms with Crippen molar-refractivity contribution in [3.8, 4) is 11.5 Å². The topological polar surface area (TPSA) is 44.8 Å². The fourth-order valence-corrected chi connectivity index (χ4v) is 1.49. The van der Waals surface area contributed by atoms with E-state index >= 15 is 0 Å². The minimum atomic E-state index is -0.330. The smallest absolute Gasteiger partial charge is 0.330 e. The van der Waals surface area contributed by atoms with Crippen LogP contribution in [0.3, 0.4) is 0 Å². The Morgan fingerprint density at radius 3 is 2.58 bits per heavy atom. The Kier molecular flexibility index (Phi) is 6.50. The zero-order valence-corrected chi connectivity index (χ0v) is 11.6. The molecule has 0 unspecified atom stereocenters. The van der Waals surface area contributed by atoms with E-state index in [4.69, 9.17) is 14.2 Å². The molecule has 4 heteroatoms. The summed E-state index contributed by atoms with van der Waals surface area (Å²) in [5.74, 6) is 0.956. The SMILES string of the molecule is CCCCOC(=O)/C=C/c1ccc(OC)c(OC)c1. The first-order valence-corrected chi connectivity index (χ1v) is 6.28. The normalized spacial score (nSPS) is 10.5. The molecule has 1 aromatic carbocycles. The van der Waals surface area contributed by atoms with E-state index in [0.717, 1.165) is 18.4 Å². The van der Waals surface area contributed by atoms with Crippen molar-refractivity contribution >= 4 is 12.0 Å². The molecule has 0 amide bonds. The van der Waals surface area contributed by atoms with Crippen molar-refractivity contribution in [3.05, 3.63) is 29.8 Å². The van der Waals surface area contributed by atoms with Crippen molar-refractivity contribution in [2.75, 3.05) is 20.8 Å². The molecule has 0 fully saturated rings. The van der Waals surface area contributed by atoms with Crippen LogP contribution in [0.5, 0.6) is 11.5 Å². The number of hydrogen-bond donors (Lipinski definition) is 0. The molecule has 0 spiro atoms. The Hall–Kier alpha value is -1.97. The molecule has 0 heterocycles. The maximum absolute atomic E-state index is 11.4. The summed E-state index contributed by atoms with van der Waals surface area (Å²) >= 11 is 0. The third kappa shape index (κ3) is 5.04. The summed E-state index contributed by atoms with van der Waals surface area (Å²) < 4.78 is 15.4. The minimum absolute atomic E-state index is 0.330. The van der Waals surface area contributed by atoms with Crippen molar-refractivity contribution in [2.24, 2.45) is 0 Å². The van der Waals surface area contributed by atoms with Crippen LogP contribution >= 0.6 is 0 Å². The van der Waals surface area contributed by atoms with Crippen LogP contribution in [0.25, 0.3) is 6.08 Å². The molecule has 19 heavy (non-hydrogen) atoms. The molecule has 1 rings (SSSR count). The lowest BCUT2D eigenvalue weighted by atomic mass is 10.2. The number of methoxy groups -OCH3 is 2. The van der Waals surface area contributed by atoms with E-state index in [2.05, 4.69) is 0 Å². The molecule has 1 aromatic rings. The second-order valence-electron chi connectivity index (χ2n) is 3.97. The number of carbonyl (C=O) groups excluding carboxylic acids is 1. The lowest BCUT2D eigenvalue weighted by Crippen LogP contribution is -2.01. The molecule has 0 bridgehead atoms. The van der Waals surface area contributed by atoms with E-state index in [0.29, 0.717) is 18.1 Å². The van der Waals surface area contributed by atoms with E-state index in [1.807, 2.05) is 13.0 Å². The summed E-state index contributed by atoms with van der Waals surface area (Å²) in [7, 11) is 3.16. The predicted octanol–water partition coefficient (Wildman–Crippen LogP) is 3.06. The molecular weight excluding hydrogens is 244 g/mol. The first-order valence-electron chi connectivity index (χ1n) is 6.28. The van der Waals surface area contributed by atoms with Gasteiger partial charge in [0.05, 0.1) is 20.8 Å². The molecule has 0 aliphatic heterocycles. The number of benzene rings is 1.